The van der Waals surface area contributed by atoms with Crippen LogP contribution in [0.15, 0.2) is 42.5 Å². The van der Waals surface area contributed by atoms with Crippen LogP contribution in [-0.2, 0) is 0 Å². The zero-order valence-corrected chi connectivity index (χ0v) is 10.3. The number of amides is 1. The first kappa shape index (κ1) is 12.0. The lowest BCUT2D eigenvalue weighted by Gasteiger charge is -2.05. The molecule has 2 nitrogen and oxygen atoms in total. The molecule has 86 valence electrons. The largest absolute Gasteiger partial charge is 0.366 e. The highest BCUT2D eigenvalue weighted by molar-refractivity contribution is 6.34. The van der Waals surface area contributed by atoms with Crippen LogP contribution < -0.4 is 5.73 Å². The topological polar surface area (TPSA) is 43.1 Å². The van der Waals surface area contributed by atoms with Gasteiger partial charge in [0.05, 0.1) is 10.6 Å². The minimum absolute atomic E-state index is 0.317. The summed E-state index contributed by atoms with van der Waals surface area (Å²) in [5.74, 6) is -0.535. The number of rotatable bonds is 2. The molecule has 2 rings (SSSR count). The molecule has 0 aromatic heterocycles. The summed E-state index contributed by atoms with van der Waals surface area (Å²) in [7, 11) is 0. The van der Waals surface area contributed by atoms with Crippen LogP contribution in [0.5, 0.6) is 0 Å². The maximum Gasteiger partial charge on any atom is 0.250 e. The predicted octanol–water partition coefficient (Wildman–Crippen LogP) is 3.76. The van der Waals surface area contributed by atoms with Gasteiger partial charge in [-0.1, -0.05) is 41.4 Å². The van der Waals surface area contributed by atoms with Crippen LogP contribution in [0.3, 0.4) is 0 Å². The summed E-state index contributed by atoms with van der Waals surface area (Å²) in [5.41, 5.74) is 7.33. The molecule has 2 aromatic rings. The average Bonchev–Trinajstić information content (AvgIpc) is 2.28. The molecule has 0 aliphatic rings. The summed E-state index contributed by atoms with van der Waals surface area (Å²) < 4.78 is 0. The Morgan fingerprint density at radius 2 is 1.71 bits per heavy atom. The maximum absolute atomic E-state index is 11.0. The molecule has 0 fully saturated rings. The van der Waals surface area contributed by atoms with Gasteiger partial charge in [-0.3, -0.25) is 4.79 Å². The zero-order chi connectivity index (χ0) is 12.4. The molecule has 4 heteroatoms. The highest BCUT2D eigenvalue weighted by Gasteiger charge is 2.08. The lowest BCUT2D eigenvalue weighted by Crippen LogP contribution is -2.11. The molecular weight excluding hydrogens is 257 g/mol. The lowest BCUT2D eigenvalue weighted by atomic mass is 10.0. The van der Waals surface area contributed by atoms with Crippen molar-refractivity contribution in [1.29, 1.82) is 0 Å². The Kier molecular flexibility index (Phi) is 3.36. The second kappa shape index (κ2) is 4.78. The molecule has 2 aromatic carbocycles. The third kappa shape index (κ3) is 2.60. The van der Waals surface area contributed by atoms with Gasteiger partial charge in [0.15, 0.2) is 0 Å². The highest BCUT2D eigenvalue weighted by Crippen LogP contribution is 2.27. The molecule has 0 aliphatic carbocycles. The van der Waals surface area contributed by atoms with Crippen molar-refractivity contribution in [2.45, 2.75) is 0 Å². The summed E-state index contributed by atoms with van der Waals surface area (Å²) in [6.07, 6.45) is 0. The lowest BCUT2D eigenvalue weighted by molar-refractivity contribution is 0.100. The van der Waals surface area contributed by atoms with Crippen LogP contribution in [0.25, 0.3) is 11.1 Å². The second-order valence-corrected chi connectivity index (χ2v) is 4.41. The van der Waals surface area contributed by atoms with Crippen molar-refractivity contribution in [2.75, 3.05) is 0 Å². The van der Waals surface area contributed by atoms with E-state index in [0.717, 1.165) is 11.1 Å². The van der Waals surface area contributed by atoms with E-state index in [-0.39, 0.29) is 0 Å². The van der Waals surface area contributed by atoms with E-state index in [1.165, 1.54) is 0 Å². The second-order valence-electron chi connectivity index (χ2n) is 3.57. The van der Waals surface area contributed by atoms with Crippen molar-refractivity contribution in [1.82, 2.24) is 0 Å². The van der Waals surface area contributed by atoms with E-state index < -0.39 is 5.91 Å². The molecule has 0 spiro atoms. The van der Waals surface area contributed by atoms with E-state index in [2.05, 4.69) is 0 Å². The Balaban J connectivity index is 2.48. The summed E-state index contributed by atoms with van der Waals surface area (Å²) in [4.78, 5) is 11.0. The quantitative estimate of drug-likeness (QED) is 0.883. The van der Waals surface area contributed by atoms with Gasteiger partial charge in [0.25, 0.3) is 0 Å². The monoisotopic (exact) mass is 265 g/mol. The smallest absolute Gasteiger partial charge is 0.250 e. The number of carbonyl (C=O) groups is 1. The number of nitrogens with two attached hydrogens (primary N) is 1. The molecule has 1 amide bonds. The van der Waals surface area contributed by atoms with Gasteiger partial charge < -0.3 is 5.73 Å². The molecule has 0 radical (unpaired) electrons. The van der Waals surface area contributed by atoms with Crippen molar-refractivity contribution < 1.29 is 4.79 Å². The van der Waals surface area contributed by atoms with Crippen molar-refractivity contribution in [3.05, 3.63) is 58.1 Å². The van der Waals surface area contributed by atoms with Gasteiger partial charge in [-0.25, -0.2) is 0 Å². The first-order chi connectivity index (χ1) is 8.08. The molecule has 0 heterocycles. The first-order valence-corrected chi connectivity index (χ1v) is 5.69. The molecule has 0 bridgehead atoms. The fourth-order valence-electron chi connectivity index (χ4n) is 1.56. The predicted molar refractivity (Wildman–Crippen MR) is 70.4 cm³/mol. The summed E-state index contributed by atoms with van der Waals surface area (Å²) in [6, 6.07) is 12.5. The average molecular weight is 266 g/mol. The van der Waals surface area contributed by atoms with Gasteiger partial charge in [-0.05, 0) is 35.4 Å². The number of primary amides is 1. The van der Waals surface area contributed by atoms with Gasteiger partial charge in [-0.15, -0.1) is 0 Å². The van der Waals surface area contributed by atoms with Gasteiger partial charge in [-0.2, -0.15) is 0 Å². The van der Waals surface area contributed by atoms with Crippen LogP contribution in [0.2, 0.25) is 10.0 Å². The number of hydrogen-bond donors (Lipinski definition) is 1. The molecule has 0 saturated heterocycles. The SMILES string of the molecule is NC(=O)c1ccc(-c2cccc(Cl)c2)cc1Cl. The number of carbonyl (C=O) groups excluding carboxylic acids is 1. The van der Waals surface area contributed by atoms with E-state index in [0.29, 0.717) is 15.6 Å². The Hall–Kier alpha value is -1.51. The standard InChI is InChI=1S/C13H9Cl2NO/c14-10-3-1-2-8(6-10)9-4-5-11(13(16)17)12(15)7-9/h1-7H,(H2,16,17). The maximum atomic E-state index is 11.0. The highest BCUT2D eigenvalue weighted by atomic mass is 35.5. The minimum Gasteiger partial charge on any atom is -0.366 e. The van der Waals surface area contributed by atoms with E-state index in [9.17, 15) is 4.79 Å². The molecule has 2 N–H and O–H groups in total. The molecule has 0 aliphatic heterocycles. The summed E-state index contributed by atoms with van der Waals surface area (Å²) in [5, 5.41) is 0.993. The molecule has 0 unspecified atom stereocenters. The Morgan fingerprint density at radius 1 is 1.00 bits per heavy atom. The van der Waals surface area contributed by atoms with E-state index >= 15 is 0 Å². The van der Waals surface area contributed by atoms with Crippen LogP contribution in [0.1, 0.15) is 10.4 Å². The van der Waals surface area contributed by atoms with Crippen molar-refractivity contribution in [2.24, 2.45) is 5.73 Å². The fraction of sp³-hybridized carbons (Fsp3) is 0. The fourth-order valence-corrected chi connectivity index (χ4v) is 2.03. The van der Waals surface area contributed by atoms with E-state index in [1.54, 1.807) is 24.3 Å². The third-order valence-corrected chi connectivity index (χ3v) is 2.94. The summed E-state index contributed by atoms with van der Waals surface area (Å²) in [6.45, 7) is 0. The van der Waals surface area contributed by atoms with Gasteiger partial charge in [0, 0.05) is 5.02 Å². The number of hydrogen-bond acceptors (Lipinski definition) is 1. The minimum atomic E-state index is -0.535. The normalized spacial score (nSPS) is 10.2. The molecular formula is C13H9Cl2NO. The Labute approximate surface area is 109 Å². The van der Waals surface area contributed by atoms with Gasteiger partial charge in [0.2, 0.25) is 5.91 Å². The zero-order valence-electron chi connectivity index (χ0n) is 8.78. The number of benzene rings is 2. The molecule has 0 saturated carbocycles. The van der Waals surface area contributed by atoms with E-state index in [4.69, 9.17) is 28.9 Å². The van der Waals surface area contributed by atoms with Crippen LogP contribution >= 0.6 is 23.2 Å². The van der Waals surface area contributed by atoms with Crippen molar-refractivity contribution in [3.63, 3.8) is 0 Å². The van der Waals surface area contributed by atoms with Crippen LogP contribution in [0, 0.1) is 0 Å². The van der Waals surface area contributed by atoms with E-state index in [1.807, 2.05) is 18.2 Å². The molecule has 17 heavy (non-hydrogen) atoms. The number of halogens is 2. The first-order valence-electron chi connectivity index (χ1n) is 4.93. The third-order valence-electron chi connectivity index (χ3n) is 2.39. The van der Waals surface area contributed by atoms with Crippen LogP contribution in [-0.4, -0.2) is 5.91 Å². The van der Waals surface area contributed by atoms with Crippen LogP contribution in [0.4, 0.5) is 0 Å². The van der Waals surface area contributed by atoms with Gasteiger partial charge in [0.1, 0.15) is 0 Å². The Morgan fingerprint density at radius 3 is 2.29 bits per heavy atom. The Bertz CT molecular complexity index is 581. The molecule has 0 atom stereocenters. The summed E-state index contributed by atoms with van der Waals surface area (Å²) >= 11 is 11.9. The van der Waals surface area contributed by atoms with Crippen molar-refractivity contribution in [3.8, 4) is 11.1 Å². The van der Waals surface area contributed by atoms with Crippen molar-refractivity contribution >= 4 is 29.1 Å². The van der Waals surface area contributed by atoms with Gasteiger partial charge >= 0.3 is 0 Å².